The summed E-state index contributed by atoms with van der Waals surface area (Å²) >= 11 is 0. The van der Waals surface area contributed by atoms with Crippen molar-refractivity contribution in [3.05, 3.63) is 29.3 Å². The Morgan fingerprint density at radius 3 is 2.65 bits per heavy atom. The van der Waals surface area contributed by atoms with E-state index in [0.29, 0.717) is 13.2 Å². The van der Waals surface area contributed by atoms with Crippen molar-refractivity contribution in [2.24, 2.45) is 11.7 Å². The Labute approximate surface area is 156 Å². The summed E-state index contributed by atoms with van der Waals surface area (Å²) < 4.78 is 16.1. The van der Waals surface area contributed by atoms with E-state index in [1.54, 1.807) is 14.2 Å². The standard InChI is InChI=1S/C20H32N2O4/c1-24-8-4-5-16-11-17(13-19(12-16)26-10-9-25-2)14-22-7-3-6-18(15-22)20(21)23/h11-13,18H,3-10,14-15H2,1-2H3,(H2,21,23)/t18-/m1/s1. The highest BCUT2D eigenvalue weighted by molar-refractivity contribution is 5.76. The molecule has 6 heteroatoms. The molecule has 6 nitrogen and oxygen atoms in total. The van der Waals surface area contributed by atoms with Gasteiger partial charge in [-0.05, 0) is 55.5 Å². The molecule has 0 bridgehead atoms. The number of carbonyl (C=O) groups is 1. The van der Waals surface area contributed by atoms with Crippen LogP contribution >= 0.6 is 0 Å². The first-order valence-electron chi connectivity index (χ1n) is 9.37. The average Bonchev–Trinajstić information content (AvgIpc) is 2.62. The summed E-state index contributed by atoms with van der Waals surface area (Å²) in [6.07, 6.45) is 3.84. The van der Waals surface area contributed by atoms with Crippen LogP contribution in [0.2, 0.25) is 0 Å². The van der Waals surface area contributed by atoms with Gasteiger partial charge in [0, 0.05) is 33.9 Å². The third-order valence-electron chi connectivity index (χ3n) is 4.71. The van der Waals surface area contributed by atoms with Gasteiger partial charge in [-0.2, -0.15) is 0 Å². The highest BCUT2D eigenvalue weighted by Gasteiger charge is 2.24. The Balaban J connectivity index is 2.05. The van der Waals surface area contributed by atoms with Gasteiger partial charge < -0.3 is 19.9 Å². The van der Waals surface area contributed by atoms with E-state index >= 15 is 0 Å². The Morgan fingerprint density at radius 1 is 1.15 bits per heavy atom. The summed E-state index contributed by atoms with van der Waals surface area (Å²) in [7, 11) is 3.39. The average molecular weight is 364 g/mol. The van der Waals surface area contributed by atoms with Gasteiger partial charge in [-0.3, -0.25) is 9.69 Å². The van der Waals surface area contributed by atoms with Crippen LogP contribution in [0.4, 0.5) is 0 Å². The number of primary amides is 1. The molecule has 0 radical (unpaired) electrons. The van der Waals surface area contributed by atoms with E-state index in [4.69, 9.17) is 19.9 Å². The molecule has 0 aliphatic carbocycles. The molecule has 1 aliphatic heterocycles. The molecule has 1 aromatic rings. The van der Waals surface area contributed by atoms with E-state index in [0.717, 1.165) is 57.7 Å². The molecule has 0 unspecified atom stereocenters. The van der Waals surface area contributed by atoms with Gasteiger partial charge >= 0.3 is 0 Å². The first-order chi connectivity index (χ1) is 12.6. The minimum atomic E-state index is -0.188. The van der Waals surface area contributed by atoms with Gasteiger partial charge in [0.2, 0.25) is 5.91 Å². The number of methoxy groups -OCH3 is 2. The molecule has 1 saturated heterocycles. The number of rotatable bonds is 11. The van der Waals surface area contributed by atoms with Crippen molar-refractivity contribution >= 4 is 5.91 Å². The molecule has 1 aliphatic rings. The molecule has 1 atom stereocenters. The van der Waals surface area contributed by atoms with E-state index in [-0.39, 0.29) is 11.8 Å². The minimum absolute atomic E-state index is 0.0361. The molecule has 26 heavy (non-hydrogen) atoms. The Morgan fingerprint density at radius 2 is 1.92 bits per heavy atom. The molecule has 1 aromatic carbocycles. The molecule has 1 amide bonds. The van der Waals surface area contributed by atoms with Crippen molar-refractivity contribution in [3.63, 3.8) is 0 Å². The monoisotopic (exact) mass is 364 g/mol. The Bertz CT molecular complexity index is 536. The summed E-state index contributed by atoms with van der Waals surface area (Å²) in [6.45, 7) is 4.39. The van der Waals surface area contributed by atoms with Crippen LogP contribution in [0.15, 0.2) is 18.2 Å². The SMILES string of the molecule is COCCCc1cc(CN2CCC[C@@H](C(N)=O)C2)cc(OCCOC)c1. The minimum Gasteiger partial charge on any atom is -0.491 e. The molecule has 0 saturated carbocycles. The van der Waals surface area contributed by atoms with Crippen LogP contribution in [-0.2, 0) is 27.2 Å². The molecule has 2 rings (SSSR count). The predicted octanol–water partition coefficient (Wildman–Crippen LogP) is 1.99. The molecule has 1 fully saturated rings. The normalized spacial score (nSPS) is 18.0. The van der Waals surface area contributed by atoms with E-state index in [9.17, 15) is 4.79 Å². The zero-order chi connectivity index (χ0) is 18.8. The number of nitrogens with two attached hydrogens (primary N) is 1. The number of nitrogens with zero attached hydrogens (tertiary/aromatic N) is 1. The first-order valence-corrected chi connectivity index (χ1v) is 9.37. The van der Waals surface area contributed by atoms with Crippen LogP contribution in [0, 0.1) is 5.92 Å². The second-order valence-electron chi connectivity index (χ2n) is 6.90. The van der Waals surface area contributed by atoms with Crippen LogP contribution in [0.3, 0.4) is 0 Å². The number of benzene rings is 1. The lowest BCUT2D eigenvalue weighted by atomic mass is 9.96. The summed E-state index contributed by atoms with van der Waals surface area (Å²) in [5.74, 6) is 0.646. The predicted molar refractivity (Wildman–Crippen MR) is 101 cm³/mol. The quantitative estimate of drug-likeness (QED) is 0.608. The zero-order valence-corrected chi connectivity index (χ0v) is 16.0. The maximum atomic E-state index is 11.5. The molecular formula is C20H32N2O4. The van der Waals surface area contributed by atoms with Gasteiger partial charge in [0.1, 0.15) is 12.4 Å². The highest BCUT2D eigenvalue weighted by atomic mass is 16.5. The topological polar surface area (TPSA) is 74.0 Å². The van der Waals surface area contributed by atoms with Crippen molar-refractivity contribution < 1.29 is 19.0 Å². The second kappa shape index (κ2) is 11.2. The van der Waals surface area contributed by atoms with Gasteiger partial charge in [0.05, 0.1) is 12.5 Å². The van der Waals surface area contributed by atoms with Crippen molar-refractivity contribution in [2.75, 3.05) is 47.1 Å². The van der Waals surface area contributed by atoms with Crippen molar-refractivity contribution in [2.45, 2.75) is 32.2 Å². The number of aryl methyl sites for hydroxylation is 1. The lowest BCUT2D eigenvalue weighted by molar-refractivity contribution is -0.123. The van der Waals surface area contributed by atoms with Gasteiger partial charge in [0.15, 0.2) is 0 Å². The van der Waals surface area contributed by atoms with E-state index in [1.807, 2.05) is 0 Å². The lowest BCUT2D eigenvalue weighted by Crippen LogP contribution is -2.40. The lowest BCUT2D eigenvalue weighted by Gasteiger charge is -2.31. The smallest absolute Gasteiger partial charge is 0.221 e. The molecule has 146 valence electrons. The second-order valence-corrected chi connectivity index (χ2v) is 6.90. The number of amides is 1. The van der Waals surface area contributed by atoms with Crippen molar-refractivity contribution in [1.82, 2.24) is 4.90 Å². The number of hydrogen-bond donors (Lipinski definition) is 1. The van der Waals surface area contributed by atoms with E-state index in [1.165, 1.54) is 11.1 Å². The third kappa shape index (κ3) is 6.94. The zero-order valence-electron chi connectivity index (χ0n) is 16.0. The summed E-state index contributed by atoms with van der Waals surface area (Å²) in [6, 6.07) is 6.41. The maximum absolute atomic E-state index is 11.5. The van der Waals surface area contributed by atoms with Crippen LogP contribution in [0.5, 0.6) is 5.75 Å². The van der Waals surface area contributed by atoms with E-state index < -0.39 is 0 Å². The maximum Gasteiger partial charge on any atom is 0.221 e. The Kier molecular flexibility index (Phi) is 8.88. The van der Waals surface area contributed by atoms with Crippen molar-refractivity contribution in [1.29, 1.82) is 0 Å². The summed E-state index contributed by atoms with van der Waals surface area (Å²) in [5, 5.41) is 0. The van der Waals surface area contributed by atoms with Gasteiger partial charge in [-0.1, -0.05) is 6.07 Å². The van der Waals surface area contributed by atoms with Gasteiger partial charge in [-0.15, -0.1) is 0 Å². The number of piperidine rings is 1. The van der Waals surface area contributed by atoms with Crippen molar-refractivity contribution in [3.8, 4) is 5.75 Å². The fraction of sp³-hybridized carbons (Fsp3) is 0.650. The van der Waals surface area contributed by atoms with Crippen LogP contribution in [-0.4, -0.2) is 57.9 Å². The largest absolute Gasteiger partial charge is 0.491 e. The molecule has 1 heterocycles. The number of carbonyl (C=O) groups excluding carboxylic acids is 1. The number of hydrogen-bond acceptors (Lipinski definition) is 5. The highest BCUT2D eigenvalue weighted by Crippen LogP contribution is 2.23. The number of ether oxygens (including phenoxy) is 3. The Hall–Kier alpha value is -1.63. The summed E-state index contributed by atoms with van der Waals surface area (Å²) in [5.41, 5.74) is 7.95. The van der Waals surface area contributed by atoms with Crippen LogP contribution in [0.1, 0.15) is 30.4 Å². The number of likely N-dealkylation sites (tertiary alicyclic amines) is 1. The fourth-order valence-electron chi connectivity index (χ4n) is 3.40. The van der Waals surface area contributed by atoms with Gasteiger partial charge in [-0.25, -0.2) is 0 Å². The molecule has 2 N–H and O–H groups in total. The summed E-state index contributed by atoms with van der Waals surface area (Å²) in [4.78, 5) is 13.8. The van der Waals surface area contributed by atoms with Gasteiger partial charge in [0.25, 0.3) is 0 Å². The third-order valence-corrected chi connectivity index (χ3v) is 4.71. The molecular weight excluding hydrogens is 332 g/mol. The fourth-order valence-corrected chi connectivity index (χ4v) is 3.40. The van der Waals surface area contributed by atoms with Crippen LogP contribution < -0.4 is 10.5 Å². The first kappa shape index (κ1) is 20.7. The molecule has 0 aromatic heterocycles. The molecule has 0 spiro atoms. The van der Waals surface area contributed by atoms with E-state index in [2.05, 4.69) is 23.1 Å². The van der Waals surface area contributed by atoms with Crippen LogP contribution in [0.25, 0.3) is 0 Å².